The topological polar surface area (TPSA) is 120 Å². The number of hydrogen-bond donors (Lipinski definition) is 0. The molecule has 2 fully saturated rings. The standard InChI is InChI=1S/C26H29N2O.C25H27N2O.C25H29N2O.C24H27N2O/c1-16-10-11-20-21-12-13-22(19-8-6-5-7-9-19)27-26(21)29-25(20)24(16)23-14-17(2)18(3)15-28(23)4;1-15-9-10-19-20-11-12-21(18-7-5-6-8-18)26-25(20)28-24(19)23(15)22-13-16(2)17(3)14-27(22)4;1-15-8-10-19-20-11-9-18(13-25(4,5)6)26-24(20)28-23(19)22(15)21-12-16(2)17(3)14-27(21)7;1-14-8-9-17-18-10-11-20(24(4,5)6)25-23(18)27-22(17)21(14)19-12-15(2)16(3)13-26(19)7/h10-15,19H,5-9H2,1-4H3;9-14,18H,5-8H2,1-4H3;8-12,14H,13H2,1-7H3;8-13H,1-7H3/q4*+1. The molecular formula is C100H112N8O4+4. The Labute approximate surface area is 660 Å². The lowest BCUT2D eigenvalue weighted by molar-refractivity contribution is -0.660. The van der Waals surface area contributed by atoms with E-state index >= 15 is 0 Å². The van der Waals surface area contributed by atoms with Crippen LogP contribution >= 0.6 is 0 Å². The minimum atomic E-state index is -0.00752. The predicted molar refractivity (Wildman–Crippen MR) is 458 cm³/mol. The number of benzene rings is 4. The molecule has 0 unspecified atom stereocenters. The van der Waals surface area contributed by atoms with E-state index in [-0.39, 0.29) is 10.8 Å². The first-order valence-corrected chi connectivity index (χ1v) is 40.6. The molecule has 112 heavy (non-hydrogen) atoms. The molecule has 2 aliphatic carbocycles. The Morgan fingerprint density at radius 2 is 0.580 bits per heavy atom. The highest BCUT2D eigenvalue weighted by molar-refractivity contribution is 6.12. The highest BCUT2D eigenvalue weighted by Crippen LogP contribution is 2.44. The van der Waals surface area contributed by atoms with Gasteiger partial charge in [-0.05, 0) is 214 Å². The van der Waals surface area contributed by atoms with Crippen LogP contribution < -0.4 is 18.3 Å². The average molecular weight is 1490 g/mol. The van der Waals surface area contributed by atoms with Gasteiger partial charge >= 0.3 is 0 Å². The maximum atomic E-state index is 6.45. The van der Waals surface area contributed by atoms with E-state index in [0.29, 0.717) is 11.8 Å². The molecule has 12 heteroatoms. The van der Waals surface area contributed by atoms with Crippen LogP contribution in [0.2, 0.25) is 0 Å². The summed E-state index contributed by atoms with van der Waals surface area (Å²) in [5.41, 5.74) is 36.0. The molecule has 16 aromatic rings. The molecule has 12 nitrogen and oxygen atoms in total. The molecule has 18 rings (SSSR count). The number of nitrogens with zero attached hydrogens (tertiary/aromatic N) is 8. The molecule has 0 atom stereocenters. The van der Waals surface area contributed by atoms with E-state index in [1.807, 2.05) is 0 Å². The molecule has 0 radical (unpaired) electrons. The molecule has 572 valence electrons. The van der Waals surface area contributed by atoms with Gasteiger partial charge in [0.15, 0.2) is 47.1 Å². The molecule has 2 aliphatic rings. The van der Waals surface area contributed by atoms with Crippen molar-refractivity contribution in [1.82, 2.24) is 19.9 Å². The number of pyridine rings is 8. The van der Waals surface area contributed by atoms with Gasteiger partial charge in [0.1, 0.15) is 28.2 Å². The monoisotopic (exact) mass is 1490 g/mol. The lowest BCUT2D eigenvalue weighted by Gasteiger charge is -2.20. The van der Waals surface area contributed by atoms with Crippen molar-refractivity contribution in [2.45, 2.75) is 206 Å². The van der Waals surface area contributed by atoms with E-state index in [0.717, 1.165) is 123 Å². The zero-order valence-corrected chi connectivity index (χ0v) is 70.3. The van der Waals surface area contributed by atoms with Gasteiger partial charge in [0.25, 0.3) is 0 Å². The lowest BCUT2D eigenvalue weighted by atomic mass is 9.86. The van der Waals surface area contributed by atoms with Gasteiger partial charge < -0.3 is 17.7 Å². The minimum absolute atomic E-state index is 0.00752. The van der Waals surface area contributed by atoms with Gasteiger partial charge in [-0.3, -0.25) is 0 Å². The smallest absolute Gasteiger partial charge is 0.227 e. The van der Waals surface area contributed by atoms with E-state index in [4.69, 9.17) is 37.6 Å². The summed E-state index contributed by atoms with van der Waals surface area (Å²) >= 11 is 0. The van der Waals surface area contributed by atoms with Gasteiger partial charge in [0.05, 0.1) is 22.3 Å². The van der Waals surface area contributed by atoms with Crippen LogP contribution in [-0.2, 0) is 40.0 Å². The van der Waals surface area contributed by atoms with Gasteiger partial charge in [-0.1, -0.05) is 122 Å². The third kappa shape index (κ3) is 14.7. The molecule has 2 saturated carbocycles. The van der Waals surface area contributed by atoms with Crippen LogP contribution in [0.1, 0.15) is 201 Å². The molecule has 4 aromatic carbocycles. The Balaban J connectivity index is 0.000000118. The Bertz CT molecular complexity index is 6390. The Kier molecular flexibility index (Phi) is 20.6. The first-order chi connectivity index (χ1) is 53.4. The minimum Gasteiger partial charge on any atom is -0.437 e. The summed E-state index contributed by atoms with van der Waals surface area (Å²) in [5.74, 6) is 1.18. The van der Waals surface area contributed by atoms with Crippen molar-refractivity contribution in [2.75, 3.05) is 0 Å². The second-order valence-electron chi connectivity index (χ2n) is 35.2. The molecule has 0 amide bonds. The Morgan fingerprint density at radius 1 is 0.304 bits per heavy atom. The summed E-state index contributed by atoms with van der Waals surface area (Å²) in [5, 5.41) is 8.95. The summed E-state index contributed by atoms with van der Waals surface area (Å²) in [6, 6.07) is 43.9. The van der Waals surface area contributed by atoms with E-state index < -0.39 is 0 Å². The van der Waals surface area contributed by atoms with E-state index in [1.165, 1.54) is 164 Å². The molecular weight excluding hydrogens is 1380 g/mol. The molecule has 0 saturated heterocycles. The number of hydrogen-bond acceptors (Lipinski definition) is 8. The summed E-state index contributed by atoms with van der Waals surface area (Å²) in [6.45, 7) is 39.1. The number of furan rings is 4. The lowest BCUT2D eigenvalue weighted by Crippen LogP contribution is -2.31. The van der Waals surface area contributed by atoms with Crippen molar-refractivity contribution in [3.05, 3.63) is 236 Å². The fourth-order valence-corrected chi connectivity index (χ4v) is 17.3. The molecule has 0 aliphatic heterocycles. The van der Waals surface area contributed by atoms with Crippen molar-refractivity contribution >= 4 is 88.3 Å². The van der Waals surface area contributed by atoms with E-state index in [9.17, 15) is 0 Å². The Morgan fingerprint density at radius 3 is 0.893 bits per heavy atom. The number of fused-ring (bicyclic) bond motifs is 12. The molecule has 12 aromatic heterocycles. The second kappa shape index (κ2) is 30.1. The maximum Gasteiger partial charge on any atom is 0.227 e. The zero-order chi connectivity index (χ0) is 79.3. The molecule has 0 N–H and O–H groups in total. The third-order valence-electron chi connectivity index (χ3n) is 24.2. The van der Waals surface area contributed by atoms with Crippen LogP contribution in [0.15, 0.2) is 164 Å². The van der Waals surface area contributed by atoms with Crippen molar-refractivity contribution < 1.29 is 35.9 Å². The highest BCUT2D eigenvalue weighted by Gasteiger charge is 2.30. The van der Waals surface area contributed by atoms with Crippen molar-refractivity contribution in [3.63, 3.8) is 0 Å². The molecule has 0 spiro atoms. The second-order valence-corrected chi connectivity index (χ2v) is 35.2. The summed E-state index contributed by atoms with van der Waals surface area (Å²) in [6.07, 6.45) is 21.3. The average Bonchev–Trinajstić information content (AvgIpc) is 1.59. The number of rotatable bonds is 7. The molecule has 12 heterocycles. The SMILES string of the molecule is Cc1cc(-c2c(C)ccc3c2oc2nc(C(C)(C)C)ccc23)[n+](C)cc1C.Cc1cc(-c2c(C)ccc3c2oc2nc(C4CCCC4)ccc23)[n+](C)cc1C.Cc1cc(-c2c(C)ccc3c2oc2nc(C4CCCCC4)ccc23)[n+](C)cc1C.Cc1cc(-c2c(C)ccc3c2oc2nc(CC(C)(C)C)ccc23)[n+](C)cc1C. The normalized spacial score (nSPS) is 13.8. The first kappa shape index (κ1) is 76.6. The van der Waals surface area contributed by atoms with Crippen molar-refractivity contribution in [2.24, 2.45) is 33.6 Å². The Hall–Kier alpha value is -10.7. The summed E-state index contributed by atoms with van der Waals surface area (Å²) in [4.78, 5) is 19.6. The van der Waals surface area contributed by atoms with E-state index in [1.54, 1.807) is 0 Å². The van der Waals surface area contributed by atoms with Gasteiger partial charge in [0, 0.05) is 130 Å². The van der Waals surface area contributed by atoms with Crippen molar-refractivity contribution in [3.8, 4) is 45.0 Å². The molecule has 0 bridgehead atoms. The number of aryl methyl sites for hydroxylation is 16. The van der Waals surface area contributed by atoms with Gasteiger partial charge in [-0.2, -0.15) is 0 Å². The van der Waals surface area contributed by atoms with Gasteiger partial charge in [-0.15, -0.1) is 0 Å². The quantitative estimate of drug-likeness (QED) is 0.145. The van der Waals surface area contributed by atoms with Crippen LogP contribution in [0.3, 0.4) is 0 Å². The largest absolute Gasteiger partial charge is 0.437 e. The zero-order valence-electron chi connectivity index (χ0n) is 70.3. The van der Waals surface area contributed by atoms with E-state index in [2.05, 4.69) is 317 Å². The van der Waals surface area contributed by atoms with Crippen LogP contribution in [-0.4, -0.2) is 19.9 Å². The fraction of sp³-hybridized carbons (Fsp3) is 0.360. The highest BCUT2D eigenvalue weighted by atomic mass is 16.4. The van der Waals surface area contributed by atoms with Crippen LogP contribution in [0.25, 0.3) is 133 Å². The number of aromatic nitrogens is 8. The van der Waals surface area contributed by atoms with Crippen LogP contribution in [0.5, 0.6) is 0 Å². The fourth-order valence-electron chi connectivity index (χ4n) is 17.3. The first-order valence-electron chi connectivity index (χ1n) is 40.6. The predicted octanol–water partition coefficient (Wildman–Crippen LogP) is 24.2. The van der Waals surface area contributed by atoms with Crippen molar-refractivity contribution in [1.29, 1.82) is 0 Å². The summed E-state index contributed by atoms with van der Waals surface area (Å²) < 4.78 is 34.4. The maximum absolute atomic E-state index is 6.45. The van der Waals surface area contributed by atoms with Gasteiger partial charge in [-0.25, -0.2) is 38.2 Å². The van der Waals surface area contributed by atoms with Gasteiger partial charge in [0.2, 0.25) is 45.6 Å². The third-order valence-corrected chi connectivity index (χ3v) is 24.2. The summed E-state index contributed by atoms with van der Waals surface area (Å²) in [7, 11) is 8.42. The van der Waals surface area contributed by atoms with Crippen LogP contribution in [0.4, 0.5) is 0 Å². The van der Waals surface area contributed by atoms with Crippen LogP contribution in [0, 0.1) is 88.5 Å².